The zero-order valence-electron chi connectivity index (χ0n) is 15.6. The number of tetrazole rings is 1. The van der Waals surface area contributed by atoms with Crippen molar-refractivity contribution in [2.24, 2.45) is 5.73 Å². The normalized spacial score (nSPS) is 26.5. The van der Waals surface area contributed by atoms with E-state index in [0.29, 0.717) is 11.4 Å². The van der Waals surface area contributed by atoms with Crippen LogP contribution < -0.4 is 11.1 Å². The molecule has 2 fully saturated rings. The molecule has 11 heteroatoms. The fourth-order valence-electron chi connectivity index (χ4n) is 3.66. The Morgan fingerprint density at radius 3 is 2.71 bits per heavy atom. The average Bonchev–Trinajstić information content (AvgIpc) is 3.29. The highest BCUT2D eigenvalue weighted by molar-refractivity contribution is 8.01. The van der Waals surface area contributed by atoms with Crippen molar-refractivity contribution in [2.45, 2.75) is 47.0 Å². The van der Waals surface area contributed by atoms with Crippen molar-refractivity contribution in [1.29, 1.82) is 0 Å². The van der Waals surface area contributed by atoms with E-state index >= 15 is 0 Å². The van der Waals surface area contributed by atoms with E-state index in [4.69, 9.17) is 5.73 Å². The molecule has 2 saturated heterocycles. The summed E-state index contributed by atoms with van der Waals surface area (Å²) in [6.07, 6.45) is 1.98. The van der Waals surface area contributed by atoms with E-state index in [-0.39, 0.29) is 28.0 Å². The molecule has 4 atom stereocenters. The highest BCUT2D eigenvalue weighted by Crippen LogP contribution is 2.56. The number of aromatic amines is 1. The summed E-state index contributed by atoms with van der Waals surface area (Å²) in [6, 6.07) is 5.79. The van der Waals surface area contributed by atoms with Crippen LogP contribution in [0.2, 0.25) is 0 Å². The van der Waals surface area contributed by atoms with Gasteiger partial charge in [-0.3, -0.25) is 9.59 Å². The van der Waals surface area contributed by atoms with Gasteiger partial charge in [0.15, 0.2) is 5.82 Å². The van der Waals surface area contributed by atoms with Crippen LogP contribution in [0, 0.1) is 0 Å². The van der Waals surface area contributed by atoms with Gasteiger partial charge < -0.3 is 16.0 Å². The maximum absolute atomic E-state index is 12.8. The maximum Gasteiger partial charge on any atom is 0.249 e. The van der Waals surface area contributed by atoms with Crippen LogP contribution in [0.4, 0.5) is 0 Å². The molecule has 28 heavy (non-hydrogen) atoms. The number of benzene rings is 1. The number of fused-ring (bicyclic) bond motifs is 1. The first kappa shape index (κ1) is 19.2. The number of aromatic nitrogens is 4. The maximum atomic E-state index is 12.8. The number of carbonyl (C=O) groups excluding carboxylic acids is 2. The highest BCUT2D eigenvalue weighted by atomic mass is 32.2. The summed E-state index contributed by atoms with van der Waals surface area (Å²) in [7, 11) is 0. The van der Waals surface area contributed by atoms with Crippen LogP contribution in [-0.2, 0) is 9.59 Å². The molecule has 2 aromatic rings. The van der Waals surface area contributed by atoms with Crippen molar-refractivity contribution in [3.8, 4) is 0 Å². The minimum atomic E-state index is -0.829. The number of nitrogens with one attached hydrogen (secondary N) is 2. The second-order valence-corrected chi connectivity index (χ2v) is 9.92. The number of H-pyrrole nitrogens is 1. The van der Waals surface area contributed by atoms with Crippen LogP contribution in [-0.4, -0.2) is 59.8 Å². The fraction of sp³-hybridized carbons (Fsp3) is 0.471. The molecule has 9 nitrogen and oxygen atoms in total. The lowest BCUT2D eigenvalue weighted by atomic mass is 9.95. The Hall–Kier alpha value is -2.11. The number of β-lactam (4-membered cyclic amide) rings is 1. The third kappa shape index (κ3) is 3.07. The van der Waals surface area contributed by atoms with Gasteiger partial charge >= 0.3 is 0 Å². The second-order valence-electron chi connectivity index (χ2n) is 7.27. The molecule has 4 rings (SSSR count). The SMILES string of the molecule is CSc1ccc(C(N)C(=O)NC2C(=O)N3C(c4nn[nH]n4)C(C)(C)S[C@H]23)cc1. The molecule has 0 bridgehead atoms. The number of thioether (sulfide) groups is 2. The molecule has 148 valence electrons. The summed E-state index contributed by atoms with van der Waals surface area (Å²) in [6.45, 7) is 4.06. The van der Waals surface area contributed by atoms with Crippen LogP contribution >= 0.6 is 23.5 Å². The van der Waals surface area contributed by atoms with Crippen LogP contribution in [0.15, 0.2) is 29.2 Å². The molecule has 0 saturated carbocycles. The zero-order chi connectivity index (χ0) is 20.1. The van der Waals surface area contributed by atoms with Gasteiger partial charge in [0.05, 0.1) is 0 Å². The summed E-state index contributed by atoms with van der Waals surface area (Å²) in [5, 5.41) is 16.8. The van der Waals surface area contributed by atoms with Gasteiger partial charge in [-0.1, -0.05) is 17.3 Å². The standard InChI is InChI=1S/C17H21N7O2S2/c1-17(2)12(13-20-22-23-21-13)24-15(26)11(16(24)28-17)19-14(25)10(18)8-4-6-9(27-3)7-5-8/h4-7,10-12,16H,18H2,1-3H3,(H,19,25)(H,20,21,22,23)/t10?,11?,12?,16-/m1/s1. The van der Waals surface area contributed by atoms with E-state index in [1.807, 2.05) is 44.4 Å². The molecule has 3 heterocycles. The molecule has 2 aliphatic rings. The van der Waals surface area contributed by atoms with Crippen LogP contribution in [0.1, 0.15) is 37.3 Å². The molecule has 2 amide bonds. The smallest absolute Gasteiger partial charge is 0.249 e. The summed E-state index contributed by atoms with van der Waals surface area (Å²) >= 11 is 3.23. The van der Waals surface area contributed by atoms with E-state index < -0.39 is 12.1 Å². The Balaban J connectivity index is 1.46. The topological polar surface area (TPSA) is 130 Å². The van der Waals surface area contributed by atoms with E-state index in [9.17, 15) is 9.59 Å². The molecule has 1 aromatic carbocycles. The Labute approximate surface area is 170 Å². The monoisotopic (exact) mass is 419 g/mol. The minimum Gasteiger partial charge on any atom is -0.340 e. The first-order valence-corrected chi connectivity index (χ1v) is 10.9. The van der Waals surface area contributed by atoms with Gasteiger partial charge in [-0.05, 0) is 37.8 Å². The highest BCUT2D eigenvalue weighted by Gasteiger charge is 2.63. The largest absolute Gasteiger partial charge is 0.340 e. The minimum absolute atomic E-state index is 0.156. The zero-order valence-corrected chi connectivity index (χ0v) is 17.3. The summed E-state index contributed by atoms with van der Waals surface area (Å²) in [4.78, 5) is 28.2. The Kier molecular flexibility index (Phi) is 4.84. The average molecular weight is 420 g/mol. The van der Waals surface area contributed by atoms with Crippen LogP contribution in [0.5, 0.6) is 0 Å². The van der Waals surface area contributed by atoms with Crippen molar-refractivity contribution in [1.82, 2.24) is 30.8 Å². The van der Waals surface area contributed by atoms with Gasteiger partial charge in [0, 0.05) is 9.64 Å². The molecule has 4 N–H and O–H groups in total. The lowest BCUT2D eigenvalue weighted by Crippen LogP contribution is -2.68. The molecule has 1 aromatic heterocycles. The van der Waals surface area contributed by atoms with Crippen molar-refractivity contribution in [3.63, 3.8) is 0 Å². The summed E-state index contributed by atoms with van der Waals surface area (Å²) in [5.41, 5.74) is 6.83. The Bertz CT molecular complexity index is 887. The van der Waals surface area contributed by atoms with Gasteiger partial charge in [0.25, 0.3) is 0 Å². The van der Waals surface area contributed by atoms with E-state index in [0.717, 1.165) is 4.90 Å². The molecule has 0 aliphatic carbocycles. The Morgan fingerprint density at radius 1 is 1.39 bits per heavy atom. The first-order valence-electron chi connectivity index (χ1n) is 8.76. The Morgan fingerprint density at radius 2 is 2.11 bits per heavy atom. The predicted molar refractivity (Wildman–Crippen MR) is 106 cm³/mol. The molecular weight excluding hydrogens is 398 g/mol. The summed E-state index contributed by atoms with van der Waals surface area (Å²) in [5.74, 6) is -0.0452. The summed E-state index contributed by atoms with van der Waals surface area (Å²) < 4.78 is -0.306. The van der Waals surface area contributed by atoms with Crippen molar-refractivity contribution >= 4 is 35.3 Å². The first-order chi connectivity index (χ1) is 13.3. The quantitative estimate of drug-likeness (QED) is 0.480. The number of hydrogen-bond acceptors (Lipinski definition) is 8. The van der Waals surface area contributed by atoms with Crippen molar-refractivity contribution < 1.29 is 9.59 Å². The number of hydrogen-bond donors (Lipinski definition) is 3. The third-order valence-corrected chi connectivity index (χ3v) is 7.42. The second kappa shape index (κ2) is 7.05. The number of nitrogens with two attached hydrogens (primary N) is 1. The van der Waals surface area contributed by atoms with E-state index in [1.54, 1.807) is 28.4 Å². The lowest BCUT2D eigenvalue weighted by molar-refractivity contribution is -0.152. The van der Waals surface area contributed by atoms with Gasteiger partial charge in [-0.25, -0.2) is 0 Å². The number of amides is 2. The molecular formula is C17H21N7O2S2. The van der Waals surface area contributed by atoms with Gasteiger partial charge in [-0.2, -0.15) is 5.21 Å². The number of carbonyl (C=O) groups is 2. The van der Waals surface area contributed by atoms with Gasteiger partial charge in [0.2, 0.25) is 11.8 Å². The van der Waals surface area contributed by atoms with Crippen molar-refractivity contribution in [2.75, 3.05) is 6.26 Å². The third-order valence-electron chi connectivity index (χ3n) is 5.10. The van der Waals surface area contributed by atoms with E-state index in [2.05, 4.69) is 25.9 Å². The molecule has 2 aliphatic heterocycles. The lowest BCUT2D eigenvalue weighted by Gasteiger charge is -2.44. The predicted octanol–water partition coefficient (Wildman–Crippen LogP) is 0.841. The van der Waals surface area contributed by atoms with Crippen LogP contribution in [0.25, 0.3) is 0 Å². The van der Waals surface area contributed by atoms with Crippen molar-refractivity contribution in [3.05, 3.63) is 35.7 Å². The fourth-order valence-corrected chi connectivity index (χ4v) is 5.69. The number of rotatable bonds is 5. The van der Waals surface area contributed by atoms with E-state index in [1.165, 1.54) is 0 Å². The molecule has 3 unspecified atom stereocenters. The van der Waals surface area contributed by atoms with Gasteiger partial charge in [0.1, 0.15) is 23.5 Å². The number of nitrogens with zero attached hydrogens (tertiary/aromatic N) is 4. The molecule has 0 spiro atoms. The van der Waals surface area contributed by atoms with Crippen LogP contribution in [0.3, 0.4) is 0 Å². The van der Waals surface area contributed by atoms with Gasteiger partial charge in [-0.15, -0.1) is 33.7 Å². The molecule has 0 radical (unpaired) electrons.